The summed E-state index contributed by atoms with van der Waals surface area (Å²) in [5.41, 5.74) is 1.88. The minimum atomic E-state index is -0.305. The van der Waals surface area contributed by atoms with Crippen LogP contribution in [0.3, 0.4) is 0 Å². The number of benzene rings is 2. The van der Waals surface area contributed by atoms with Crippen LogP contribution in [0, 0.1) is 0 Å². The Labute approximate surface area is 164 Å². The Morgan fingerprint density at radius 2 is 1.75 bits per heavy atom. The van der Waals surface area contributed by atoms with E-state index in [1.807, 2.05) is 72.8 Å². The van der Waals surface area contributed by atoms with E-state index in [2.05, 4.69) is 4.98 Å². The van der Waals surface area contributed by atoms with Crippen molar-refractivity contribution in [3.05, 3.63) is 90.1 Å². The topological polar surface area (TPSA) is 51.7 Å². The van der Waals surface area contributed by atoms with E-state index in [-0.39, 0.29) is 18.7 Å². The number of amides is 1. The van der Waals surface area contributed by atoms with E-state index < -0.39 is 0 Å². The highest BCUT2D eigenvalue weighted by Gasteiger charge is 2.33. The largest absolute Gasteiger partial charge is 0.445 e. The van der Waals surface area contributed by atoms with Crippen molar-refractivity contribution in [3.63, 3.8) is 0 Å². The van der Waals surface area contributed by atoms with Gasteiger partial charge < -0.3 is 14.4 Å². The van der Waals surface area contributed by atoms with E-state index in [4.69, 9.17) is 9.47 Å². The van der Waals surface area contributed by atoms with Gasteiger partial charge in [0.2, 0.25) is 5.88 Å². The Hall–Kier alpha value is -3.34. The molecule has 28 heavy (non-hydrogen) atoms. The maximum Gasteiger partial charge on any atom is 0.410 e. The summed E-state index contributed by atoms with van der Waals surface area (Å²) < 4.78 is 11.5. The number of rotatable bonds is 5. The molecule has 4 rings (SSSR count). The number of hydrogen-bond donors (Lipinski definition) is 0. The van der Waals surface area contributed by atoms with Crippen LogP contribution in [0.5, 0.6) is 11.6 Å². The van der Waals surface area contributed by atoms with Crippen molar-refractivity contribution in [3.8, 4) is 11.6 Å². The number of carbonyl (C=O) groups excluding carboxylic acids is 1. The lowest BCUT2D eigenvalue weighted by atomic mass is 10.1. The Morgan fingerprint density at radius 3 is 2.54 bits per heavy atom. The lowest BCUT2D eigenvalue weighted by molar-refractivity contribution is 0.0917. The predicted octanol–water partition coefficient (Wildman–Crippen LogP) is 5.35. The summed E-state index contributed by atoms with van der Waals surface area (Å²) in [5, 5.41) is 0. The first-order valence-corrected chi connectivity index (χ1v) is 9.46. The van der Waals surface area contributed by atoms with E-state index in [1.165, 1.54) is 0 Å². The van der Waals surface area contributed by atoms with Crippen molar-refractivity contribution in [2.75, 3.05) is 6.54 Å². The van der Waals surface area contributed by atoms with E-state index in [0.29, 0.717) is 12.4 Å². The highest BCUT2D eigenvalue weighted by molar-refractivity contribution is 5.69. The van der Waals surface area contributed by atoms with Gasteiger partial charge in [0.15, 0.2) is 0 Å². The van der Waals surface area contributed by atoms with E-state index in [9.17, 15) is 4.79 Å². The van der Waals surface area contributed by atoms with Gasteiger partial charge >= 0.3 is 6.09 Å². The van der Waals surface area contributed by atoms with Crippen molar-refractivity contribution < 1.29 is 14.3 Å². The van der Waals surface area contributed by atoms with Gasteiger partial charge in [-0.1, -0.05) is 48.5 Å². The average Bonchev–Trinajstić information content (AvgIpc) is 3.24. The van der Waals surface area contributed by atoms with Crippen LogP contribution >= 0.6 is 0 Å². The predicted molar refractivity (Wildman–Crippen MR) is 106 cm³/mol. The third-order valence-corrected chi connectivity index (χ3v) is 4.81. The number of ether oxygens (including phenoxy) is 2. The molecule has 3 aromatic rings. The molecule has 5 heteroatoms. The Bertz CT molecular complexity index is 915. The van der Waals surface area contributed by atoms with Crippen LogP contribution < -0.4 is 4.74 Å². The molecule has 0 N–H and O–H groups in total. The number of hydrogen-bond acceptors (Lipinski definition) is 4. The molecule has 1 aromatic heterocycles. The fraction of sp³-hybridized carbons (Fsp3) is 0.217. The van der Waals surface area contributed by atoms with E-state index >= 15 is 0 Å². The molecule has 1 aliphatic heterocycles. The van der Waals surface area contributed by atoms with E-state index in [1.54, 1.807) is 11.1 Å². The first kappa shape index (κ1) is 18.0. The summed E-state index contributed by atoms with van der Waals surface area (Å²) in [5.74, 6) is 1.25. The van der Waals surface area contributed by atoms with E-state index in [0.717, 1.165) is 29.7 Å². The minimum absolute atomic E-state index is 0.101. The first-order valence-electron chi connectivity index (χ1n) is 9.46. The molecular formula is C23H22N2O3. The third kappa shape index (κ3) is 4.14. The molecular weight excluding hydrogens is 352 g/mol. The highest BCUT2D eigenvalue weighted by atomic mass is 16.6. The van der Waals surface area contributed by atoms with Crippen LogP contribution in [0.2, 0.25) is 0 Å². The zero-order chi connectivity index (χ0) is 19.2. The summed E-state index contributed by atoms with van der Waals surface area (Å²) >= 11 is 0. The number of para-hydroxylation sites is 1. The Kier molecular flexibility index (Phi) is 5.52. The molecule has 0 unspecified atom stereocenters. The van der Waals surface area contributed by atoms with Crippen molar-refractivity contribution >= 4 is 6.09 Å². The zero-order valence-electron chi connectivity index (χ0n) is 15.5. The van der Waals surface area contributed by atoms with Crippen molar-refractivity contribution in [1.29, 1.82) is 0 Å². The smallest absolute Gasteiger partial charge is 0.410 e. The number of carbonyl (C=O) groups is 1. The van der Waals surface area contributed by atoms with Crippen LogP contribution in [0.4, 0.5) is 4.79 Å². The molecule has 1 fully saturated rings. The number of nitrogens with zero attached hydrogens (tertiary/aromatic N) is 2. The lowest BCUT2D eigenvalue weighted by Crippen LogP contribution is -2.31. The molecule has 1 atom stereocenters. The number of likely N-dealkylation sites (tertiary alicyclic amines) is 1. The van der Waals surface area contributed by atoms with Gasteiger partial charge in [-0.25, -0.2) is 9.78 Å². The Balaban J connectivity index is 1.49. The van der Waals surface area contributed by atoms with Crippen LogP contribution in [0.15, 0.2) is 79.0 Å². The van der Waals surface area contributed by atoms with Gasteiger partial charge in [0.05, 0.1) is 6.04 Å². The minimum Gasteiger partial charge on any atom is -0.445 e. The monoisotopic (exact) mass is 374 g/mol. The molecule has 2 aromatic carbocycles. The molecule has 5 nitrogen and oxygen atoms in total. The second-order valence-corrected chi connectivity index (χ2v) is 6.70. The fourth-order valence-corrected chi connectivity index (χ4v) is 3.45. The van der Waals surface area contributed by atoms with Crippen molar-refractivity contribution in [2.24, 2.45) is 0 Å². The van der Waals surface area contributed by atoms with Gasteiger partial charge in [0, 0.05) is 18.3 Å². The second-order valence-electron chi connectivity index (χ2n) is 6.70. The zero-order valence-corrected chi connectivity index (χ0v) is 15.5. The maximum absolute atomic E-state index is 12.7. The standard InChI is InChI=1S/C23H22N2O3/c26-23(27-17-18-9-3-1-4-10-18)25-16-8-14-21(25)20-13-7-15-24-22(20)28-19-11-5-2-6-12-19/h1-7,9-13,15,21H,8,14,16-17H2/t21-/m0/s1. The summed E-state index contributed by atoms with van der Waals surface area (Å²) in [6, 6.07) is 23.0. The molecule has 0 spiro atoms. The van der Waals surface area contributed by atoms with Crippen LogP contribution in [-0.4, -0.2) is 22.5 Å². The van der Waals surface area contributed by atoms with Gasteiger partial charge in [-0.05, 0) is 42.7 Å². The molecule has 1 aliphatic rings. The molecule has 0 bridgehead atoms. The molecule has 0 saturated carbocycles. The Morgan fingerprint density at radius 1 is 1.00 bits per heavy atom. The van der Waals surface area contributed by atoms with Gasteiger partial charge in [-0.2, -0.15) is 0 Å². The third-order valence-electron chi connectivity index (χ3n) is 4.81. The van der Waals surface area contributed by atoms with Crippen molar-refractivity contribution in [2.45, 2.75) is 25.5 Å². The SMILES string of the molecule is O=C(OCc1ccccc1)N1CCC[C@H]1c1cccnc1Oc1ccccc1. The summed E-state index contributed by atoms with van der Waals surface area (Å²) in [6.07, 6.45) is 3.18. The summed E-state index contributed by atoms with van der Waals surface area (Å²) in [6.45, 7) is 0.932. The lowest BCUT2D eigenvalue weighted by Gasteiger charge is -2.25. The highest BCUT2D eigenvalue weighted by Crippen LogP contribution is 2.37. The normalized spacial score (nSPS) is 16.0. The molecule has 2 heterocycles. The van der Waals surface area contributed by atoms with Gasteiger partial charge in [0.1, 0.15) is 12.4 Å². The maximum atomic E-state index is 12.7. The van der Waals surface area contributed by atoms with Gasteiger partial charge in [-0.3, -0.25) is 0 Å². The molecule has 0 aliphatic carbocycles. The molecule has 142 valence electrons. The number of pyridine rings is 1. The fourth-order valence-electron chi connectivity index (χ4n) is 3.45. The first-order chi connectivity index (χ1) is 13.8. The number of aromatic nitrogens is 1. The average molecular weight is 374 g/mol. The van der Waals surface area contributed by atoms with Gasteiger partial charge in [-0.15, -0.1) is 0 Å². The van der Waals surface area contributed by atoms with Gasteiger partial charge in [0.25, 0.3) is 0 Å². The molecule has 0 radical (unpaired) electrons. The summed E-state index contributed by atoms with van der Waals surface area (Å²) in [4.78, 5) is 18.9. The quantitative estimate of drug-likeness (QED) is 0.604. The second kappa shape index (κ2) is 8.57. The molecule has 1 saturated heterocycles. The van der Waals surface area contributed by atoms with Crippen LogP contribution in [0.1, 0.15) is 30.0 Å². The summed E-state index contributed by atoms with van der Waals surface area (Å²) in [7, 11) is 0. The van der Waals surface area contributed by atoms with Crippen LogP contribution in [-0.2, 0) is 11.3 Å². The molecule has 1 amide bonds. The van der Waals surface area contributed by atoms with Crippen LogP contribution in [0.25, 0.3) is 0 Å². The van der Waals surface area contributed by atoms with Crippen molar-refractivity contribution in [1.82, 2.24) is 9.88 Å².